The van der Waals surface area contributed by atoms with Crippen molar-refractivity contribution < 1.29 is 9.59 Å². The molecule has 1 aliphatic heterocycles. The lowest BCUT2D eigenvalue weighted by Gasteiger charge is -2.23. The fraction of sp³-hybridized carbons (Fsp3) is 0.667. The van der Waals surface area contributed by atoms with E-state index in [9.17, 15) is 19.2 Å². The molecular formula is C18H29N5O4. The van der Waals surface area contributed by atoms with Crippen LogP contribution < -0.4 is 21.9 Å². The second-order valence-electron chi connectivity index (χ2n) is 7.23. The van der Waals surface area contributed by atoms with Crippen LogP contribution in [0.1, 0.15) is 40.0 Å². The smallest absolute Gasteiger partial charge is 0.328 e. The summed E-state index contributed by atoms with van der Waals surface area (Å²) in [5.41, 5.74) is -0.996. The van der Waals surface area contributed by atoms with E-state index in [1.807, 2.05) is 13.8 Å². The van der Waals surface area contributed by atoms with Gasteiger partial charge in [0.15, 0.2) is 0 Å². The SMILES string of the molecule is CCCN1C[C@H](NC(=O)CCn2ccc(=O)[nH]c2=O)C[C@H]1C(=O)NC(C)C. The van der Waals surface area contributed by atoms with Gasteiger partial charge < -0.3 is 15.2 Å². The predicted molar refractivity (Wildman–Crippen MR) is 101 cm³/mol. The lowest BCUT2D eigenvalue weighted by atomic mass is 10.1. The highest BCUT2D eigenvalue weighted by atomic mass is 16.2. The van der Waals surface area contributed by atoms with Gasteiger partial charge in [0, 0.05) is 43.9 Å². The van der Waals surface area contributed by atoms with Crippen molar-refractivity contribution in [2.75, 3.05) is 13.1 Å². The Hall–Kier alpha value is -2.42. The van der Waals surface area contributed by atoms with Crippen LogP contribution in [0, 0.1) is 0 Å². The molecule has 0 spiro atoms. The number of rotatable bonds is 8. The quantitative estimate of drug-likeness (QED) is 0.559. The Balaban J connectivity index is 1.90. The maximum atomic E-state index is 12.4. The van der Waals surface area contributed by atoms with Crippen LogP contribution in [0.2, 0.25) is 0 Å². The van der Waals surface area contributed by atoms with Crippen molar-refractivity contribution in [1.82, 2.24) is 25.1 Å². The zero-order valence-electron chi connectivity index (χ0n) is 16.2. The number of H-pyrrole nitrogens is 1. The van der Waals surface area contributed by atoms with Crippen LogP contribution in [0.4, 0.5) is 0 Å². The molecule has 0 saturated carbocycles. The molecule has 1 aliphatic rings. The van der Waals surface area contributed by atoms with E-state index < -0.39 is 11.2 Å². The van der Waals surface area contributed by atoms with Crippen LogP contribution in [0.3, 0.4) is 0 Å². The number of nitrogens with one attached hydrogen (secondary N) is 3. The summed E-state index contributed by atoms with van der Waals surface area (Å²) >= 11 is 0. The molecule has 9 heteroatoms. The van der Waals surface area contributed by atoms with Crippen molar-refractivity contribution in [3.8, 4) is 0 Å². The van der Waals surface area contributed by atoms with Crippen molar-refractivity contribution in [3.05, 3.63) is 33.1 Å². The highest BCUT2D eigenvalue weighted by molar-refractivity contribution is 5.83. The minimum absolute atomic E-state index is 0.00464. The first-order valence-corrected chi connectivity index (χ1v) is 9.43. The molecule has 27 heavy (non-hydrogen) atoms. The number of carbonyl (C=O) groups is 2. The van der Waals surface area contributed by atoms with E-state index in [1.54, 1.807) is 0 Å². The molecule has 150 valence electrons. The van der Waals surface area contributed by atoms with E-state index in [1.165, 1.54) is 16.8 Å². The van der Waals surface area contributed by atoms with E-state index in [0.717, 1.165) is 13.0 Å². The number of nitrogens with zero attached hydrogens (tertiary/aromatic N) is 2. The van der Waals surface area contributed by atoms with Crippen LogP contribution in [0.5, 0.6) is 0 Å². The van der Waals surface area contributed by atoms with Crippen molar-refractivity contribution in [2.24, 2.45) is 0 Å². The molecule has 0 aromatic carbocycles. The third-order valence-electron chi connectivity index (χ3n) is 4.49. The van der Waals surface area contributed by atoms with Crippen LogP contribution in [-0.2, 0) is 16.1 Å². The zero-order valence-corrected chi connectivity index (χ0v) is 16.2. The molecule has 2 amide bonds. The van der Waals surface area contributed by atoms with Crippen molar-refractivity contribution in [1.29, 1.82) is 0 Å². The highest BCUT2D eigenvalue weighted by Crippen LogP contribution is 2.19. The van der Waals surface area contributed by atoms with Gasteiger partial charge in [-0.1, -0.05) is 6.92 Å². The lowest BCUT2D eigenvalue weighted by molar-refractivity contribution is -0.126. The number of amides is 2. The maximum Gasteiger partial charge on any atom is 0.328 e. The third-order valence-corrected chi connectivity index (χ3v) is 4.49. The van der Waals surface area contributed by atoms with Gasteiger partial charge in [0.1, 0.15) is 0 Å². The minimum atomic E-state index is -0.532. The number of hydrogen-bond donors (Lipinski definition) is 3. The van der Waals surface area contributed by atoms with Gasteiger partial charge in [0.25, 0.3) is 5.56 Å². The van der Waals surface area contributed by atoms with E-state index in [4.69, 9.17) is 0 Å². The Bertz CT molecular complexity index is 770. The number of aryl methyl sites for hydroxylation is 1. The molecule has 2 atom stereocenters. The molecule has 1 aromatic rings. The predicted octanol–water partition coefficient (Wildman–Crippen LogP) is -0.580. The largest absolute Gasteiger partial charge is 0.353 e. The number of likely N-dealkylation sites (tertiary alicyclic amines) is 1. The maximum absolute atomic E-state index is 12.4. The van der Waals surface area contributed by atoms with Crippen LogP contribution in [0.25, 0.3) is 0 Å². The summed E-state index contributed by atoms with van der Waals surface area (Å²) < 4.78 is 1.29. The third kappa shape index (κ3) is 6.06. The van der Waals surface area contributed by atoms with Crippen LogP contribution >= 0.6 is 0 Å². The number of aromatic nitrogens is 2. The molecule has 0 bridgehead atoms. The second-order valence-corrected chi connectivity index (χ2v) is 7.23. The van der Waals surface area contributed by atoms with Gasteiger partial charge in [-0.25, -0.2) is 4.79 Å². The molecule has 0 unspecified atom stereocenters. The standard InChI is InChI=1S/C18H29N5O4/c1-4-7-23-11-13(10-14(23)17(26)19-12(2)3)20-15(24)5-8-22-9-6-16(25)21-18(22)27/h6,9,12-14H,4-5,7-8,10-11H2,1-3H3,(H,19,26)(H,20,24)(H,21,25,27)/t13-,14+/m1/s1. The van der Waals surface area contributed by atoms with Gasteiger partial charge >= 0.3 is 5.69 Å². The zero-order chi connectivity index (χ0) is 20.0. The van der Waals surface area contributed by atoms with Gasteiger partial charge in [-0.3, -0.25) is 24.3 Å². The lowest BCUT2D eigenvalue weighted by Crippen LogP contribution is -2.45. The summed E-state index contributed by atoms with van der Waals surface area (Å²) in [5, 5.41) is 5.90. The molecule has 1 fully saturated rings. The Morgan fingerprint density at radius 1 is 1.30 bits per heavy atom. The topological polar surface area (TPSA) is 116 Å². The molecule has 3 N–H and O–H groups in total. The normalized spacial score (nSPS) is 20.0. The summed E-state index contributed by atoms with van der Waals surface area (Å²) in [6.45, 7) is 7.53. The molecule has 1 aromatic heterocycles. The first-order chi connectivity index (χ1) is 12.8. The van der Waals surface area contributed by atoms with Crippen molar-refractivity contribution in [2.45, 2.75) is 64.7 Å². The van der Waals surface area contributed by atoms with Gasteiger partial charge in [-0.2, -0.15) is 0 Å². The molecule has 2 rings (SSSR count). The van der Waals surface area contributed by atoms with Gasteiger partial charge in [-0.05, 0) is 33.2 Å². The fourth-order valence-electron chi connectivity index (χ4n) is 3.34. The summed E-state index contributed by atoms with van der Waals surface area (Å²) in [4.78, 5) is 51.6. The Morgan fingerprint density at radius 2 is 2.04 bits per heavy atom. The summed E-state index contributed by atoms with van der Waals surface area (Å²) in [7, 11) is 0. The van der Waals surface area contributed by atoms with Gasteiger partial charge in [0.2, 0.25) is 11.8 Å². The molecular weight excluding hydrogens is 350 g/mol. The Morgan fingerprint density at radius 3 is 2.67 bits per heavy atom. The monoisotopic (exact) mass is 379 g/mol. The average Bonchev–Trinajstić information content (AvgIpc) is 2.96. The average molecular weight is 379 g/mol. The molecule has 2 heterocycles. The van der Waals surface area contributed by atoms with E-state index in [2.05, 4.69) is 27.4 Å². The summed E-state index contributed by atoms with van der Waals surface area (Å²) in [6, 6.07) is 0.987. The van der Waals surface area contributed by atoms with Gasteiger partial charge in [0.05, 0.1) is 6.04 Å². The first kappa shape index (κ1) is 20.9. The number of carbonyl (C=O) groups excluding carboxylic acids is 2. The molecule has 0 radical (unpaired) electrons. The molecule has 1 saturated heterocycles. The first-order valence-electron chi connectivity index (χ1n) is 9.43. The van der Waals surface area contributed by atoms with Crippen molar-refractivity contribution >= 4 is 11.8 Å². The van der Waals surface area contributed by atoms with Gasteiger partial charge in [-0.15, -0.1) is 0 Å². The second kappa shape index (κ2) is 9.50. The molecule has 9 nitrogen and oxygen atoms in total. The fourth-order valence-corrected chi connectivity index (χ4v) is 3.34. The highest BCUT2D eigenvalue weighted by Gasteiger charge is 2.36. The van der Waals surface area contributed by atoms with Crippen LogP contribution in [-0.4, -0.2) is 57.5 Å². The summed E-state index contributed by atoms with van der Waals surface area (Å²) in [6.07, 6.45) is 3.00. The van der Waals surface area contributed by atoms with E-state index in [0.29, 0.717) is 13.0 Å². The van der Waals surface area contributed by atoms with E-state index >= 15 is 0 Å². The van der Waals surface area contributed by atoms with Crippen molar-refractivity contribution in [3.63, 3.8) is 0 Å². The van der Waals surface area contributed by atoms with Crippen LogP contribution in [0.15, 0.2) is 21.9 Å². The van der Waals surface area contributed by atoms with E-state index in [-0.39, 0.29) is 42.9 Å². The number of hydrogen-bond acceptors (Lipinski definition) is 5. The molecule has 0 aliphatic carbocycles. The number of aromatic amines is 1. The minimum Gasteiger partial charge on any atom is -0.353 e. The Labute approximate surface area is 158 Å². The summed E-state index contributed by atoms with van der Waals surface area (Å²) in [5.74, 6) is -0.186. The Kier molecular flexibility index (Phi) is 7.35.